The van der Waals surface area contributed by atoms with Gasteiger partial charge < -0.3 is 28.7 Å². The summed E-state index contributed by atoms with van der Waals surface area (Å²) in [5.41, 5.74) is 0. The van der Waals surface area contributed by atoms with Crippen LogP contribution in [0.3, 0.4) is 0 Å². The standard InChI is InChI=1S/C12H27N4.CH3.ClH.4FH.Ti/c1-5-13-7-2-9-15-11-4-12-16-10-3-8-14-6-1;;;;;;;/h13-15H,1-12H2;1H3;5*1H;/q2*-1;;;;;;+4/p-4. The van der Waals surface area contributed by atoms with E-state index in [1.165, 1.54) is 25.7 Å². The van der Waals surface area contributed by atoms with Crippen LogP contribution in [-0.2, 0) is 18.7 Å². The first kappa shape index (κ1) is 28.4. The minimum absolute atomic E-state index is 0. The molecular formula is C13H31ClF4N4Ti-2. The summed E-state index contributed by atoms with van der Waals surface area (Å²) in [6.07, 6.45) is 4.82. The first-order chi connectivity index (χ1) is 10.0. The molecule has 1 aliphatic rings. The maximum absolute atomic E-state index is 9.88. The van der Waals surface area contributed by atoms with E-state index in [9.17, 15) is 12.4 Å². The predicted octanol–water partition coefficient (Wildman–Crippen LogP) is 3.25. The summed E-state index contributed by atoms with van der Waals surface area (Å²) in [6.45, 7) is 8.80. The van der Waals surface area contributed by atoms with Crippen molar-refractivity contribution in [3.63, 3.8) is 0 Å². The second kappa shape index (κ2) is 20.6. The van der Waals surface area contributed by atoms with E-state index in [1.807, 2.05) is 0 Å². The fourth-order valence-electron chi connectivity index (χ4n) is 1.80. The summed E-state index contributed by atoms with van der Waals surface area (Å²) in [4.78, 5) is 0. The Morgan fingerprint density at radius 3 is 1.17 bits per heavy atom. The molecule has 0 saturated carbocycles. The van der Waals surface area contributed by atoms with Crippen LogP contribution >= 0.6 is 12.4 Å². The number of nitrogens with zero attached hydrogens (tertiary/aromatic N) is 1. The van der Waals surface area contributed by atoms with Gasteiger partial charge in [0, 0.05) is 0 Å². The Morgan fingerprint density at radius 2 is 0.870 bits per heavy atom. The molecule has 0 aromatic carbocycles. The molecule has 1 aliphatic heterocycles. The first-order valence-electron chi connectivity index (χ1n) is 7.51. The van der Waals surface area contributed by atoms with Crippen molar-refractivity contribution < 1.29 is 31.1 Å². The van der Waals surface area contributed by atoms with E-state index in [0.29, 0.717) is 0 Å². The summed E-state index contributed by atoms with van der Waals surface area (Å²) in [6, 6.07) is 0. The zero-order valence-electron chi connectivity index (χ0n) is 13.9. The third kappa shape index (κ3) is 34.8. The number of halogens is 5. The number of hydrogen-bond donors (Lipinski definition) is 3. The molecule has 0 spiro atoms. The van der Waals surface area contributed by atoms with E-state index in [4.69, 9.17) is 0 Å². The van der Waals surface area contributed by atoms with Gasteiger partial charge in [-0.2, -0.15) is 0 Å². The van der Waals surface area contributed by atoms with Gasteiger partial charge in [-0.1, -0.05) is 12.8 Å². The average molecular weight is 403 g/mol. The molecule has 23 heavy (non-hydrogen) atoms. The average Bonchev–Trinajstić information content (AvgIpc) is 2.37. The first-order valence-corrected chi connectivity index (χ1v) is 9.87. The topological polar surface area (TPSA) is 50.2 Å². The fraction of sp³-hybridized carbons (Fsp3) is 0.923. The Bertz CT molecular complexity index is 157. The Kier molecular flexibility index (Phi) is 25.4. The molecule has 1 saturated heterocycles. The van der Waals surface area contributed by atoms with Crippen molar-refractivity contribution in [2.75, 3.05) is 52.4 Å². The van der Waals surface area contributed by atoms with Gasteiger partial charge in [0.15, 0.2) is 0 Å². The van der Waals surface area contributed by atoms with Crippen LogP contribution in [-0.4, -0.2) is 52.4 Å². The van der Waals surface area contributed by atoms with Crippen molar-refractivity contribution in [3.05, 3.63) is 12.7 Å². The molecule has 0 aliphatic carbocycles. The predicted molar refractivity (Wildman–Crippen MR) is 88.3 cm³/mol. The second-order valence-corrected chi connectivity index (χ2v) is 6.10. The normalized spacial score (nSPS) is 19.3. The van der Waals surface area contributed by atoms with Crippen LogP contribution in [0.4, 0.5) is 12.4 Å². The van der Waals surface area contributed by atoms with Crippen LogP contribution in [0.2, 0.25) is 0 Å². The Labute approximate surface area is 150 Å². The van der Waals surface area contributed by atoms with Crippen molar-refractivity contribution in [1.82, 2.24) is 16.0 Å². The summed E-state index contributed by atoms with van der Waals surface area (Å²) >= 11 is -7.00. The molecule has 10 heteroatoms. The zero-order chi connectivity index (χ0) is 15.8. The van der Waals surface area contributed by atoms with Crippen molar-refractivity contribution in [3.8, 4) is 0 Å². The Balaban J connectivity index is -0.000000502. The van der Waals surface area contributed by atoms with E-state index < -0.39 is 18.7 Å². The molecule has 1 rings (SSSR count). The molecule has 0 aromatic heterocycles. The van der Waals surface area contributed by atoms with Gasteiger partial charge in [-0.25, -0.2) is 0 Å². The fourth-order valence-corrected chi connectivity index (χ4v) is 1.80. The van der Waals surface area contributed by atoms with Crippen LogP contribution in [0.5, 0.6) is 0 Å². The van der Waals surface area contributed by atoms with E-state index in [-0.39, 0.29) is 19.8 Å². The van der Waals surface area contributed by atoms with Gasteiger partial charge >= 0.3 is 31.1 Å². The zero-order valence-corrected chi connectivity index (χ0v) is 16.2. The van der Waals surface area contributed by atoms with Gasteiger partial charge in [0.25, 0.3) is 0 Å². The number of nitrogens with one attached hydrogen (secondary N) is 3. The third-order valence-electron chi connectivity index (χ3n) is 2.75. The molecule has 0 unspecified atom stereocenters. The summed E-state index contributed by atoms with van der Waals surface area (Å²) in [5.74, 6) is 0. The summed E-state index contributed by atoms with van der Waals surface area (Å²) in [5, 5.41) is 14.9. The van der Waals surface area contributed by atoms with Gasteiger partial charge in [-0.05, 0) is 52.1 Å². The van der Waals surface area contributed by atoms with Crippen molar-refractivity contribution in [2.24, 2.45) is 0 Å². The van der Waals surface area contributed by atoms with Gasteiger partial charge in [-0.15, -0.1) is 25.5 Å². The molecule has 4 nitrogen and oxygen atoms in total. The second-order valence-electron chi connectivity index (χ2n) is 4.76. The van der Waals surface area contributed by atoms with Gasteiger partial charge in [-0.3, -0.25) is 0 Å². The Hall–Kier alpha value is 0.564. The van der Waals surface area contributed by atoms with Gasteiger partial charge in [0.05, 0.1) is 0 Å². The quantitative estimate of drug-likeness (QED) is 0.331. The molecule has 0 aromatic rings. The Morgan fingerprint density at radius 1 is 0.609 bits per heavy atom. The molecular weight excluding hydrogens is 371 g/mol. The van der Waals surface area contributed by atoms with E-state index >= 15 is 0 Å². The molecule has 0 amide bonds. The third-order valence-corrected chi connectivity index (χ3v) is 2.75. The molecule has 1 fully saturated rings. The number of rotatable bonds is 0. The molecule has 144 valence electrons. The minimum atomic E-state index is -7.00. The molecule has 0 radical (unpaired) electrons. The monoisotopic (exact) mass is 402 g/mol. The van der Waals surface area contributed by atoms with Crippen LogP contribution in [0.15, 0.2) is 0 Å². The van der Waals surface area contributed by atoms with Crippen LogP contribution in [0.1, 0.15) is 25.7 Å². The van der Waals surface area contributed by atoms with Crippen molar-refractivity contribution >= 4 is 12.4 Å². The number of hydrogen-bond acceptors (Lipinski definition) is 3. The molecule has 1 heterocycles. The van der Waals surface area contributed by atoms with Gasteiger partial charge in [0.2, 0.25) is 0 Å². The SMILES string of the molecule is C1C[N-]CCCNCCCNCCCNC1.Cl.[CH3-].[F][Ti]([F])([F])[F]. The maximum atomic E-state index is 9.88. The van der Waals surface area contributed by atoms with Crippen molar-refractivity contribution in [2.45, 2.75) is 25.7 Å². The molecule has 0 bridgehead atoms. The molecule has 3 N–H and O–H groups in total. The van der Waals surface area contributed by atoms with E-state index in [2.05, 4.69) is 21.3 Å². The van der Waals surface area contributed by atoms with Crippen LogP contribution < -0.4 is 16.0 Å². The van der Waals surface area contributed by atoms with E-state index in [0.717, 1.165) is 52.4 Å². The van der Waals surface area contributed by atoms with Gasteiger partial charge in [0.1, 0.15) is 0 Å². The van der Waals surface area contributed by atoms with Crippen LogP contribution in [0.25, 0.3) is 5.32 Å². The molecule has 0 atom stereocenters. The summed E-state index contributed by atoms with van der Waals surface area (Å²) in [7, 11) is 0. The van der Waals surface area contributed by atoms with E-state index in [1.54, 1.807) is 0 Å². The summed E-state index contributed by atoms with van der Waals surface area (Å²) < 4.78 is 39.5. The van der Waals surface area contributed by atoms with Crippen LogP contribution in [0, 0.1) is 7.43 Å². The van der Waals surface area contributed by atoms with Crippen molar-refractivity contribution in [1.29, 1.82) is 0 Å².